The third-order valence-electron chi connectivity index (χ3n) is 1.75. The minimum atomic E-state index is -4.83. The highest BCUT2D eigenvalue weighted by molar-refractivity contribution is 8.01. The van der Waals surface area contributed by atoms with E-state index in [9.17, 15) is 30.5 Å². The van der Waals surface area contributed by atoms with Crippen LogP contribution in [-0.4, -0.2) is 21.0 Å². The van der Waals surface area contributed by atoms with Crippen molar-refractivity contribution in [3.8, 4) is 0 Å². The standard InChI is InChI=1S/C8H7F4O5PS2/c1-16-18(13)17-20(14,15)7-3-2-5(9)4-6(7)19-8(10,11)12/h2-4,18H,1H3. The van der Waals surface area contributed by atoms with E-state index >= 15 is 0 Å². The molecule has 1 rings (SSSR count). The fourth-order valence-corrected chi connectivity index (χ4v) is 3.97. The quantitative estimate of drug-likeness (QED) is 0.460. The molecule has 0 aromatic heterocycles. The second-order valence-electron chi connectivity index (χ2n) is 3.13. The van der Waals surface area contributed by atoms with Crippen molar-refractivity contribution >= 4 is 30.1 Å². The number of thioether (sulfide) groups is 1. The Morgan fingerprint density at radius 3 is 2.40 bits per heavy atom. The summed E-state index contributed by atoms with van der Waals surface area (Å²) in [5.74, 6) is -1.06. The highest BCUT2D eigenvalue weighted by Gasteiger charge is 2.33. The third-order valence-corrected chi connectivity index (χ3v) is 5.31. The maximum Gasteiger partial charge on any atom is 0.446 e. The van der Waals surface area contributed by atoms with Gasteiger partial charge in [0.05, 0.1) is 0 Å². The first-order chi connectivity index (χ1) is 9.05. The first-order valence-electron chi connectivity index (χ1n) is 4.63. The zero-order chi connectivity index (χ0) is 15.6. The number of hydrogen-bond acceptors (Lipinski definition) is 6. The molecule has 0 saturated carbocycles. The van der Waals surface area contributed by atoms with Crippen LogP contribution in [0.2, 0.25) is 0 Å². The van der Waals surface area contributed by atoms with Crippen LogP contribution in [0.4, 0.5) is 17.6 Å². The van der Waals surface area contributed by atoms with E-state index in [4.69, 9.17) is 0 Å². The molecule has 12 heteroatoms. The van der Waals surface area contributed by atoms with E-state index in [2.05, 4.69) is 8.49 Å². The molecule has 0 radical (unpaired) electrons. The molecule has 0 N–H and O–H groups in total. The Kier molecular flexibility index (Phi) is 5.61. The second kappa shape index (κ2) is 6.44. The van der Waals surface area contributed by atoms with Gasteiger partial charge in [0.15, 0.2) is 0 Å². The van der Waals surface area contributed by atoms with Crippen LogP contribution in [0.25, 0.3) is 0 Å². The monoisotopic (exact) mass is 354 g/mol. The SMILES string of the molecule is CO[PH](=O)OS(=O)(=O)c1ccc(F)cc1SC(F)(F)F. The van der Waals surface area contributed by atoms with Gasteiger partial charge in [-0.1, -0.05) is 0 Å². The van der Waals surface area contributed by atoms with Crippen molar-refractivity contribution in [3.05, 3.63) is 24.0 Å². The molecule has 1 aromatic rings. The Bertz CT molecular complexity index is 616. The molecule has 1 atom stereocenters. The Balaban J connectivity index is 3.27. The van der Waals surface area contributed by atoms with Gasteiger partial charge in [0, 0.05) is 12.0 Å². The molecule has 0 saturated heterocycles. The van der Waals surface area contributed by atoms with Gasteiger partial charge < -0.3 is 4.52 Å². The van der Waals surface area contributed by atoms with Crippen molar-refractivity contribution in [2.75, 3.05) is 7.11 Å². The summed E-state index contributed by atoms with van der Waals surface area (Å²) in [6.07, 6.45) is 0. The molecule has 0 aliphatic carbocycles. The molecule has 5 nitrogen and oxygen atoms in total. The summed E-state index contributed by atoms with van der Waals surface area (Å²) >= 11 is -0.828. The molecule has 0 bridgehead atoms. The van der Waals surface area contributed by atoms with Crippen LogP contribution in [0.1, 0.15) is 0 Å². The van der Waals surface area contributed by atoms with Crippen LogP contribution in [-0.2, 0) is 23.2 Å². The van der Waals surface area contributed by atoms with E-state index in [-0.39, 0.29) is 0 Å². The lowest BCUT2D eigenvalue weighted by Gasteiger charge is -2.11. The fourth-order valence-electron chi connectivity index (χ4n) is 1.06. The number of halogens is 4. The van der Waals surface area contributed by atoms with Crippen LogP contribution in [0.15, 0.2) is 28.0 Å². The molecule has 1 aromatic carbocycles. The summed E-state index contributed by atoms with van der Waals surface area (Å²) in [7, 11) is -7.30. The smallest absolute Gasteiger partial charge is 0.313 e. The fraction of sp³-hybridized carbons (Fsp3) is 0.250. The van der Waals surface area contributed by atoms with Gasteiger partial charge >= 0.3 is 23.9 Å². The normalized spacial score (nSPS) is 14.2. The topological polar surface area (TPSA) is 69.7 Å². The van der Waals surface area contributed by atoms with Crippen molar-refractivity contribution in [1.82, 2.24) is 0 Å². The van der Waals surface area contributed by atoms with E-state index < -0.39 is 51.3 Å². The average molecular weight is 354 g/mol. The molecule has 0 fully saturated rings. The van der Waals surface area contributed by atoms with E-state index in [1.54, 1.807) is 0 Å². The molecule has 0 spiro atoms. The number of hydrogen-bond donors (Lipinski definition) is 0. The maximum atomic E-state index is 12.9. The highest BCUT2D eigenvalue weighted by Crippen LogP contribution is 2.41. The third kappa shape index (κ3) is 5.06. The number of benzene rings is 1. The van der Waals surface area contributed by atoms with Gasteiger partial charge in [-0.2, -0.15) is 25.6 Å². The predicted molar refractivity (Wildman–Crippen MR) is 62.6 cm³/mol. The zero-order valence-electron chi connectivity index (χ0n) is 9.60. The minimum Gasteiger partial charge on any atom is -0.313 e. The first kappa shape index (κ1) is 17.4. The van der Waals surface area contributed by atoms with Crippen molar-refractivity contribution < 1.29 is 39.0 Å². The Hall–Kier alpha value is -0.610. The summed E-state index contributed by atoms with van der Waals surface area (Å²) in [6.45, 7) is 0. The lowest BCUT2D eigenvalue weighted by molar-refractivity contribution is -0.0329. The van der Waals surface area contributed by atoms with Gasteiger partial charge in [0.2, 0.25) is 0 Å². The van der Waals surface area contributed by atoms with Gasteiger partial charge in [-0.3, -0.25) is 4.57 Å². The van der Waals surface area contributed by atoms with Crippen molar-refractivity contribution in [2.45, 2.75) is 15.3 Å². The molecule has 20 heavy (non-hydrogen) atoms. The predicted octanol–water partition coefficient (Wildman–Crippen LogP) is 3.18. The molecule has 114 valence electrons. The van der Waals surface area contributed by atoms with Gasteiger partial charge in [0.25, 0.3) is 0 Å². The Morgan fingerprint density at radius 1 is 1.30 bits per heavy atom. The van der Waals surface area contributed by atoms with Crippen LogP contribution >= 0.6 is 20.0 Å². The zero-order valence-corrected chi connectivity index (χ0v) is 12.2. The molecule has 0 aliphatic rings. The van der Waals surface area contributed by atoms with Gasteiger partial charge in [-0.05, 0) is 30.0 Å². The summed E-state index contributed by atoms with van der Waals surface area (Å²) < 4.78 is 92.2. The maximum absolute atomic E-state index is 12.9. The van der Waals surface area contributed by atoms with Crippen LogP contribution in [0.3, 0.4) is 0 Å². The van der Waals surface area contributed by atoms with Crippen LogP contribution in [0.5, 0.6) is 0 Å². The average Bonchev–Trinajstić information content (AvgIpc) is 2.25. The number of alkyl halides is 3. The number of rotatable bonds is 5. The van der Waals surface area contributed by atoms with E-state index in [1.165, 1.54) is 0 Å². The lowest BCUT2D eigenvalue weighted by Crippen LogP contribution is -2.07. The highest BCUT2D eigenvalue weighted by atomic mass is 32.2. The summed E-state index contributed by atoms with van der Waals surface area (Å²) in [6, 6.07) is 1.61. The molecule has 0 aliphatic heterocycles. The Labute approximate surface area is 116 Å². The largest absolute Gasteiger partial charge is 0.446 e. The van der Waals surface area contributed by atoms with Crippen LogP contribution < -0.4 is 0 Å². The van der Waals surface area contributed by atoms with Crippen molar-refractivity contribution in [2.24, 2.45) is 0 Å². The first-order valence-corrected chi connectivity index (χ1v) is 8.08. The van der Waals surface area contributed by atoms with E-state index in [0.29, 0.717) is 18.2 Å². The van der Waals surface area contributed by atoms with Crippen molar-refractivity contribution in [3.63, 3.8) is 0 Å². The van der Waals surface area contributed by atoms with Gasteiger partial charge in [-0.25, -0.2) is 4.39 Å². The molecular formula is C8H7F4O5PS2. The van der Waals surface area contributed by atoms with Crippen LogP contribution in [0, 0.1) is 5.82 Å². The molecule has 1 unspecified atom stereocenters. The molecular weight excluding hydrogens is 347 g/mol. The van der Waals surface area contributed by atoms with Gasteiger partial charge in [0.1, 0.15) is 10.7 Å². The Morgan fingerprint density at radius 2 is 1.90 bits per heavy atom. The second-order valence-corrected chi connectivity index (χ2v) is 7.16. The molecule has 0 amide bonds. The van der Waals surface area contributed by atoms with Crippen molar-refractivity contribution in [1.29, 1.82) is 0 Å². The molecule has 0 heterocycles. The van der Waals surface area contributed by atoms with E-state index in [0.717, 1.165) is 7.11 Å². The van der Waals surface area contributed by atoms with Gasteiger partial charge in [-0.15, -0.1) is 0 Å². The van der Waals surface area contributed by atoms with E-state index in [1.807, 2.05) is 0 Å². The summed E-state index contributed by atoms with van der Waals surface area (Å²) in [5.41, 5.74) is -4.83. The summed E-state index contributed by atoms with van der Waals surface area (Å²) in [5, 5.41) is 0. The minimum absolute atomic E-state index is 0.387. The lowest BCUT2D eigenvalue weighted by atomic mass is 10.3. The summed E-state index contributed by atoms with van der Waals surface area (Å²) in [4.78, 5) is -1.87.